The van der Waals surface area contributed by atoms with Gasteiger partial charge < -0.3 is 0 Å². The highest BCUT2D eigenvalue weighted by Crippen LogP contribution is 2.26. The fourth-order valence-electron chi connectivity index (χ4n) is 2.34. The second-order valence-electron chi connectivity index (χ2n) is 5.28. The lowest BCUT2D eigenvalue weighted by atomic mass is 9.96. The Kier molecular flexibility index (Phi) is 3.39. The summed E-state index contributed by atoms with van der Waals surface area (Å²) in [6.07, 6.45) is 0. The summed E-state index contributed by atoms with van der Waals surface area (Å²) < 4.78 is 30.1. The first-order valence-corrected chi connectivity index (χ1v) is 8.14. The lowest BCUT2D eigenvalue weighted by Crippen LogP contribution is -2.24. The normalized spacial score (nSPS) is 20.3. The Labute approximate surface area is 124 Å². The van der Waals surface area contributed by atoms with E-state index in [1.807, 2.05) is 62.4 Å². The number of nitrogens with one attached hydrogen (secondary N) is 1. The average molecular weight is 300 g/mol. The van der Waals surface area contributed by atoms with Crippen LogP contribution in [0.25, 0.3) is 0 Å². The molecule has 0 radical (unpaired) electrons. The molecule has 1 aliphatic rings. The van der Waals surface area contributed by atoms with E-state index in [9.17, 15) is 8.42 Å². The van der Waals surface area contributed by atoms with E-state index < -0.39 is 16.3 Å². The maximum absolute atomic E-state index is 11.8. The number of hydrogen-bond donors (Lipinski definition) is 1. The largest absolute Gasteiger partial charge is 0.321 e. The van der Waals surface area contributed by atoms with E-state index in [0.29, 0.717) is 5.71 Å². The molecule has 0 aromatic heterocycles. The van der Waals surface area contributed by atoms with Crippen molar-refractivity contribution in [3.05, 3.63) is 70.8 Å². The van der Waals surface area contributed by atoms with Gasteiger partial charge in [0.1, 0.15) is 0 Å². The molecule has 0 aliphatic carbocycles. The molecule has 2 aromatic rings. The Hall–Kier alpha value is -1.98. The van der Waals surface area contributed by atoms with Gasteiger partial charge in [0.15, 0.2) is 0 Å². The molecule has 1 aliphatic heterocycles. The molecule has 2 aromatic carbocycles. The zero-order chi connectivity index (χ0) is 15.0. The van der Waals surface area contributed by atoms with Crippen LogP contribution < -0.4 is 4.72 Å². The Bertz CT molecular complexity index is 791. The molecule has 0 saturated heterocycles. The van der Waals surface area contributed by atoms with Gasteiger partial charge in [0.05, 0.1) is 11.8 Å². The number of nitrogens with zero attached hydrogens (tertiary/aromatic N) is 1. The summed E-state index contributed by atoms with van der Waals surface area (Å²) in [6, 6.07) is 15.1. The quantitative estimate of drug-likeness (QED) is 0.927. The number of aryl methyl sites for hydroxylation is 2. The van der Waals surface area contributed by atoms with Gasteiger partial charge in [-0.1, -0.05) is 59.7 Å². The molecule has 0 fully saturated rings. The van der Waals surface area contributed by atoms with E-state index in [2.05, 4.69) is 9.12 Å². The molecule has 1 N–H and O–H groups in total. The monoisotopic (exact) mass is 300 g/mol. The van der Waals surface area contributed by atoms with Gasteiger partial charge in [0.2, 0.25) is 0 Å². The minimum atomic E-state index is -3.62. The smallest absolute Gasteiger partial charge is 0.187 e. The van der Waals surface area contributed by atoms with Crippen LogP contribution in [0.2, 0.25) is 0 Å². The van der Waals surface area contributed by atoms with E-state index in [4.69, 9.17) is 0 Å². The minimum absolute atomic E-state index is 0.432. The Morgan fingerprint density at radius 3 is 2.00 bits per heavy atom. The summed E-state index contributed by atoms with van der Waals surface area (Å²) in [4.78, 5) is 0. The maximum atomic E-state index is 11.8. The molecule has 1 heterocycles. The highest BCUT2D eigenvalue weighted by molar-refractivity contribution is 7.88. The van der Waals surface area contributed by atoms with Crippen molar-refractivity contribution in [2.75, 3.05) is 0 Å². The second-order valence-corrected chi connectivity index (χ2v) is 6.65. The van der Waals surface area contributed by atoms with E-state index in [0.717, 1.165) is 22.3 Å². The predicted octanol–water partition coefficient (Wildman–Crippen LogP) is 2.68. The maximum Gasteiger partial charge on any atom is 0.321 e. The van der Waals surface area contributed by atoms with Gasteiger partial charge in [0, 0.05) is 0 Å². The fourth-order valence-corrected chi connectivity index (χ4v) is 3.41. The van der Waals surface area contributed by atoms with Gasteiger partial charge in [-0.15, -0.1) is 0 Å². The van der Waals surface area contributed by atoms with Crippen molar-refractivity contribution in [2.24, 2.45) is 4.40 Å². The van der Waals surface area contributed by atoms with Crippen LogP contribution in [-0.4, -0.2) is 14.1 Å². The SMILES string of the molecule is Cc1ccc(C2=NS(=O)(=O)NC2c2ccc(C)cc2)cc1. The summed E-state index contributed by atoms with van der Waals surface area (Å²) >= 11 is 0. The van der Waals surface area contributed by atoms with Crippen LogP contribution in [0.3, 0.4) is 0 Å². The van der Waals surface area contributed by atoms with Gasteiger partial charge in [-0.25, -0.2) is 0 Å². The van der Waals surface area contributed by atoms with Gasteiger partial charge in [-0.2, -0.15) is 17.5 Å². The molecule has 0 bridgehead atoms. The molecule has 3 rings (SSSR count). The zero-order valence-corrected chi connectivity index (χ0v) is 12.7. The van der Waals surface area contributed by atoms with E-state index in [1.165, 1.54) is 0 Å². The molecule has 21 heavy (non-hydrogen) atoms. The van der Waals surface area contributed by atoms with Crippen LogP contribution in [0.5, 0.6) is 0 Å². The van der Waals surface area contributed by atoms with Crippen molar-refractivity contribution in [3.63, 3.8) is 0 Å². The summed E-state index contributed by atoms with van der Waals surface area (Å²) in [7, 11) is -3.62. The van der Waals surface area contributed by atoms with Crippen LogP contribution in [0, 0.1) is 13.8 Å². The zero-order valence-electron chi connectivity index (χ0n) is 11.9. The molecule has 0 saturated carbocycles. The number of hydrogen-bond acceptors (Lipinski definition) is 2. The van der Waals surface area contributed by atoms with Crippen LogP contribution in [0.4, 0.5) is 0 Å². The summed E-state index contributed by atoms with van der Waals surface area (Å²) in [5.74, 6) is 0. The molecule has 0 spiro atoms. The van der Waals surface area contributed by atoms with Gasteiger partial charge in [-0.05, 0) is 25.0 Å². The first-order chi connectivity index (χ1) is 9.94. The molecular formula is C16H16N2O2S. The van der Waals surface area contributed by atoms with Crippen LogP contribution >= 0.6 is 0 Å². The third-order valence-corrected chi connectivity index (χ3v) is 4.49. The molecule has 0 amide bonds. The van der Waals surface area contributed by atoms with Crippen LogP contribution in [0.1, 0.15) is 28.3 Å². The second kappa shape index (κ2) is 5.09. The topological polar surface area (TPSA) is 58.5 Å². The van der Waals surface area contributed by atoms with E-state index in [1.54, 1.807) is 0 Å². The molecule has 108 valence electrons. The van der Waals surface area contributed by atoms with E-state index >= 15 is 0 Å². The Balaban J connectivity index is 2.06. The van der Waals surface area contributed by atoms with Crippen molar-refractivity contribution in [1.29, 1.82) is 0 Å². The third kappa shape index (κ3) is 2.89. The van der Waals surface area contributed by atoms with Crippen molar-refractivity contribution in [1.82, 2.24) is 4.72 Å². The summed E-state index contributed by atoms with van der Waals surface area (Å²) in [6.45, 7) is 3.99. The highest BCUT2D eigenvalue weighted by Gasteiger charge is 2.32. The standard InChI is InChI=1S/C16H16N2O2S/c1-11-3-7-13(8-4-11)15-16(18-21(19,20)17-15)14-9-5-12(2)6-10-14/h3-10,15,17H,1-2H3. The molecular weight excluding hydrogens is 284 g/mol. The average Bonchev–Trinajstić information content (AvgIpc) is 2.76. The lowest BCUT2D eigenvalue weighted by Gasteiger charge is -2.13. The van der Waals surface area contributed by atoms with E-state index in [-0.39, 0.29) is 0 Å². The lowest BCUT2D eigenvalue weighted by molar-refractivity contribution is 0.585. The van der Waals surface area contributed by atoms with Crippen molar-refractivity contribution >= 4 is 15.9 Å². The third-order valence-electron chi connectivity index (χ3n) is 3.52. The first kappa shape index (κ1) is 14.0. The van der Waals surface area contributed by atoms with Crippen molar-refractivity contribution in [3.8, 4) is 0 Å². The molecule has 4 nitrogen and oxygen atoms in total. The minimum Gasteiger partial charge on any atom is -0.187 e. The van der Waals surface area contributed by atoms with Crippen molar-refractivity contribution in [2.45, 2.75) is 19.9 Å². The van der Waals surface area contributed by atoms with Gasteiger partial charge in [-0.3, -0.25) is 0 Å². The molecule has 1 unspecified atom stereocenters. The predicted molar refractivity (Wildman–Crippen MR) is 83.7 cm³/mol. The Morgan fingerprint density at radius 1 is 0.905 bits per heavy atom. The van der Waals surface area contributed by atoms with Crippen LogP contribution in [-0.2, 0) is 10.2 Å². The van der Waals surface area contributed by atoms with Crippen LogP contribution in [0.15, 0.2) is 52.9 Å². The fraction of sp³-hybridized carbons (Fsp3) is 0.188. The summed E-state index contributed by atoms with van der Waals surface area (Å²) in [5, 5.41) is 0. The first-order valence-electron chi connectivity index (χ1n) is 6.70. The van der Waals surface area contributed by atoms with Gasteiger partial charge in [0.25, 0.3) is 0 Å². The molecule has 1 atom stereocenters. The number of benzene rings is 2. The number of rotatable bonds is 2. The Morgan fingerprint density at radius 2 is 1.43 bits per heavy atom. The highest BCUT2D eigenvalue weighted by atomic mass is 32.2. The molecule has 5 heteroatoms. The van der Waals surface area contributed by atoms with Gasteiger partial charge >= 0.3 is 10.2 Å². The van der Waals surface area contributed by atoms with Crippen molar-refractivity contribution < 1.29 is 8.42 Å². The summed E-state index contributed by atoms with van der Waals surface area (Å²) in [5.41, 5.74) is 4.51.